The average molecular weight is 254 g/mol. The van der Waals surface area contributed by atoms with Crippen molar-refractivity contribution in [3.8, 4) is 5.75 Å². The van der Waals surface area contributed by atoms with E-state index in [1.54, 1.807) is 14.2 Å². The molecule has 17 heavy (non-hydrogen) atoms. The van der Waals surface area contributed by atoms with Crippen molar-refractivity contribution in [2.75, 3.05) is 27.4 Å². The van der Waals surface area contributed by atoms with Crippen LogP contribution in [0.5, 0.6) is 5.75 Å². The largest absolute Gasteiger partial charge is 0.496 e. The Labute approximate surface area is 107 Å². The number of thiocarbonyl (C=S) groups is 1. The second-order valence-electron chi connectivity index (χ2n) is 3.41. The Morgan fingerprint density at radius 2 is 2.00 bits per heavy atom. The minimum absolute atomic E-state index is 0.618. The fraction of sp³-hybridized carbons (Fsp3) is 0.417. The summed E-state index contributed by atoms with van der Waals surface area (Å²) >= 11 is 5.13. The van der Waals surface area contributed by atoms with Crippen LogP contribution in [0.25, 0.3) is 0 Å². The van der Waals surface area contributed by atoms with E-state index >= 15 is 0 Å². The minimum Gasteiger partial charge on any atom is -0.496 e. The highest BCUT2D eigenvalue weighted by Crippen LogP contribution is 2.16. The van der Waals surface area contributed by atoms with E-state index < -0.39 is 0 Å². The first-order valence-electron chi connectivity index (χ1n) is 5.40. The lowest BCUT2D eigenvalue weighted by Gasteiger charge is -2.12. The van der Waals surface area contributed by atoms with Gasteiger partial charge in [0.05, 0.1) is 13.7 Å². The Morgan fingerprint density at radius 3 is 2.71 bits per heavy atom. The van der Waals surface area contributed by atoms with Crippen LogP contribution < -0.4 is 15.4 Å². The summed E-state index contributed by atoms with van der Waals surface area (Å²) < 4.78 is 10.2. The van der Waals surface area contributed by atoms with Crippen molar-refractivity contribution in [1.82, 2.24) is 10.6 Å². The fourth-order valence-corrected chi connectivity index (χ4v) is 1.53. The average Bonchev–Trinajstić information content (AvgIpc) is 2.37. The van der Waals surface area contributed by atoms with Gasteiger partial charge in [-0.15, -0.1) is 0 Å². The van der Waals surface area contributed by atoms with Crippen LogP contribution in [0.4, 0.5) is 0 Å². The summed E-state index contributed by atoms with van der Waals surface area (Å²) in [6.45, 7) is 1.98. The minimum atomic E-state index is 0.618. The van der Waals surface area contributed by atoms with Crippen molar-refractivity contribution in [3.63, 3.8) is 0 Å². The molecule has 0 aliphatic rings. The molecule has 0 saturated carbocycles. The molecule has 0 atom stereocenters. The highest BCUT2D eigenvalue weighted by Gasteiger charge is 2.01. The zero-order valence-corrected chi connectivity index (χ0v) is 11.0. The first-order valence-corrected chi connectivity index (χ1v) is 5.81. The SMILES string of the molecule is COCCNC(=S)NCc1ccccc1OC. The van der Waals surface area contributed by atoms with E-state index in [-0.39, 0.29) is 0 Å². The second-order valence-corrected chi connectivity index (χ2v) is 3.82. The lowest BCUT2D eigenvalue weighted by atomic mass is 10.2. The molecule has 0 saturated heterocycles. The molecule has 0 aromatic heterocycles. The van der Waals surface area contributed by atoms with Gasteiger partial charge in [0, 0.05) is 25.8 Å². The van der Waals surface area contributed by atoms with E-state index in [4.69, 9.17) is 21.7 Å². The summed E-state index contributed by atoms with van der Waals surface area (Å²) in [7, 11) is 3.32. The Balaban J connectivity index is 2.36. The van der Waals surface area contributed by atoms with Gasteiger partial charge in [0.1, 0.15) is 5.75 Å². The zero-order valence-electron chi connectivity index (χ0n) is 10.2. The van der Waals surface area contributed by atoms with Crippen LogP contribution in [0, 0.1) is 0 Å². The van der Waals surface area contributed by atoms with Crippen LogP contribution in [-0.4, -0.2) is 32.5 Å². The Kier molecular flexibility index (Phi) is 6.35. The van der Waals surface area contributed by atoms with E-state index in [2.05, 4.69) is 10.6 Å². The summed E-state index contributed by atoms with van der Waals surface area (Å²) in [4.78, 5) is 0. The monoisotopic (exact) mass is 254 g/mol. The molecular weight excluding hydrogens is 236 g/mol. The van der Waals surface area contributed by atoms with E-state index in [0.717, 1.165) is 11.3 Å². The van der Waals surface area contributed by atoms with E-state index in [1.807, 2.05) is 24.3 Å². The molecule has 94 valence electrons. The molecule has 0 aliphatic heterocycles. The normalized spacial score (nSPS) is 9.76. The van der Waals surface area contributed by atoms with Crippen molar-refractivity contribution in [2.45, 2.75) is 6.54 Å². The van der Waals surface area contributed by atoms with Gasteiger partial charge in [-0.05, 0) is 18.3 Å². The molecule has 0 bridgehead atoms. The van der Waals surface area contributed by atoms with Gasteiger partial charge < -0.3 is 20.1 Å². The number of hydrogen-bond acceptors (Lipinski definition) is 3. The van der Waals surface area contributed by atoms with Crippen molar-refractivity contribution in [3.05, 3.63) is 29.8 Å². The maximum Gasteiger partial charge on any atom is 0.166 e. The molecule has 0 aliphatic carbocycles. The van der Waals surface area contributed by atoms with Crippen LogP contribution in [-0.2, 0) is 11.3 Å². The second kappa shape index (κ2) is 7.86. The maximum atomic E-state index is 5.25. The smallest absolute Gasteiger partial charge is 0.166 e. The third kappa shape index (κ3) is 5.01. The first-order chi connectivity index (χ1) is 8.27. The molecule has 0 radical (unpaired) electrons. The van der Waals surface area contributed by atoms with Crippen LogP contribution in [0.2, 0.25) is 0 Å². The number of nitrogens with one attached hydrogen (secondary N) is 2. The molecule has 2 N–H and O–H groups in total. The molecule has 0 heterocycles. The van der Waals surface area contributed by atoms with Crippen LogP contribution >= 0.6 is 12.2 Å². The number of para-hydroxylation sites is 1. The van der Waals surface area contributed by atoms with Gasteiger partial charge in [-0.3, -0.25) is 0 Å². The zero-order chi connectivity index (χ0) is 12.5. The number of ether oxygens (including phenoxy) is 2. The summed E-state index contributed by atoms with van der Waals surface area (Å²) in [5.41, 5.74) is 1.07. The lowest BCUT2D eigenvalue weighted by Crippen LogP contribution is -2.36. The van der Waals surface area contributed by atoms with Gasteiger partial charge in [0.2, 0.25) is 0 Å². The van der Waals surface area contributed by atoms with Crippen molar-refractivity contribution < 1.29 is 9.47 Å². The summed E-state index contributed by atoms with van der Waals surface area (Å²) in [5.74, 6) is 0.861. The van der Waals surface area contributed by atoms with Crippen molar-refractivity contribution in [1.29, 1.82) is 0 Å². The highest BCUT2D eigenvalue weighted by atomic mass is 32.1. The van der Waals surface area contributed by atoms with Crippen LogP contribution in [0.1, 0.15) is 5.56 Å². The molecule has 1 aromatic rings. The van der Waals surface area contributed by atoms with Gasteiger partial charge in [-0.25, -0.2) is 0 Å². The molecule has 0 unspecified atom stereocenters. The summed E-state index contributed by atoms with van der Waals surface area (Å²) in [6.07, 6.45) is 0. The molecule has 1 rings (SSSR count). The number of benzene rings is 1. The standard InChI is InChI=1S/C12H18N2O2S/c1-15-8-7-13-12(17)14-9-10-5-3-4-6-11(10)16-2/h3-6H,7-9H2,1-2H3,(H2,13,14,17). The van der Waals surface area contributed by atoms with Gasteiger partial charge in [-0.1, -0.05) is 18.2 Å². The quantitative estimate of drug-likeness (QED) is 0.592. The third-order valence-corrected chi connectivity index (χ3v) is 2.51. The van der Waals surface area contributed by atoms with Gasteiger partial charge >= 0.3 is 0 Å². The summed E-state index contributed by atoms with van der Waals surface area (Å²) in [6, 6.07) is 7.85. The van der Waals surface area contributed by atoms with Gasteiger partial charge in [0.25, 0.3) is 0 Å². The van der Waals surface area contributed by atoms with Crippen LogP contribution in [0.15, 0.2) is 24.3 Å². The van der Waals surface area contributed by atoms with Crippen LogP contribution in [0.3, 0.4) is 0 Å². The third-order valence-electron chi connectivity index (χ3n) is 2.22. The van der Waals surface area contributed by atoms with E-state index in [0.29, 0.717) is 24.8 Å². The lowest BCUT2D eigenvalue weighted by molar-refractivity contribution is 0.204. The van der Waals surface area contributed by atoms with Crippen molar-refractivity contribution >= 4 is 17.3 Å². The molecule has 1 aromatic carbocycles. The number of rotatable bonds is 6. The molecule has 0 amide bonds. The summed E-state index contributed by atoms with van der Waals surface area (Å²) in [5, 5.41) is 6.78. The Bertz CT molecular complexity index is 358. The van der Waals surface area contributed by atoms with E-state index in [1.165, 1.54) is 0 Å². The molecule has 0 spiro atoms. The topological polar surface area (TPSA) is 42.5 Å². The fourth-order valence-electron chi connectivity index (χ4n) is 1.35. The Morgan fingerprint density at radius 1 is 1.24 bits per heavy atom. The van der Waals surface area contributed by atoms with E-state index in [9.17, 15) is 0 Å². The maximum absolute atomic E-state index is 5.25. The van der Waals surface area contributed by atoms with Gasteiger partial charge in [-0.2, -0.15) is 0 Å². The predicted octanol–water partition coefficient (Wildman–Crippen LogP) is 1.31. The molecule has 4 nitrogen and oxygen atoms in total. The highest BCUT2D eigenvalue weighted by molar-refractivity contribution is 7.80. The molecule has 5 heteroatoms. The van der Waals surface area contributed by atoms with Gasteiger partial charge in [0.15, 0.2) is 5.11 Å². The predicted molar refractivity (Wildman–Crippen MR) is 72.3 cm³/mol. The molecular formula is C12H18N2O2S. The number of methoxy groups -OCH3 is 2. The number of hydrogen-bond donors (Lipinski definition) is 2. The van der Waals surface area contributed by atoms with Crippen molar-refractivity contribution in [2.24, 2.45) is 0 Å². The molecule has 0 fully saturated rings. The Hall–Kier alpha value is -1.33. The first kappa shape index (κ1) is 13.7.